The van der Waals surface area contributed by atoms with Gasteiger partial charge in [-0.15, -0.1) is 35.1 Å². The van der Waals surface area contributed by atoms with Crippen LogP contribution in [0.5, 0.6) is 0 Å². The third-order valence-electron chi connectivity index (χ3n) is 21.6. The zero-order chi connectivity index (χ0) is 92.5. The summed E-state index contributed by atoms with van der Waals surface area (Å²) in [5.41, 5.74) is 16.1. The Morgan fingerprint density at radius 2 is 0.939 bits per heavy atom. The van der Waals surface area contributed by atoms with Crippen molar-refractivity contribution in [1.82, 2.24) is 77.1 Å². The molecule has 5 N–H and O–H groups in total. The number of carbonyl (C=O) groups excluding carboxylic acids is 5. The van der Waals surface area contributed by atoms with Crippen molar-refractivity contribution in [1.29, 1.82) is 0 Å². The molecule has 0 amide bonds. The summed E-state index contributed by atoms with van der Waals surface area (Å²) in [6, 6.07) is 49.3. The van der Waals surface area contributed by atoms with E-state index in [0.717, 1.165) is 40.4 Å². The van der Waals surface area contributed by atoms with Gasteiger partial charge in [0.05, 0.1) is 66.3 Å². The number of carboxylic acids is 1. The molecule has 14 heterocycles. The van der Waals surface area contributed by atoms with Crippen molar-refractivity contribution in [2.75, 3.05) is 27.4 Å². The molecule has 10 aromatic heterocycles. The molecular formula is C94H95ClF5N17O12S2. The Labute approximate surface area is 763 Å². The Morgan fingerprint density at radius 3 is 1.36 bits per heavy atom. The summed E-state index contributed by atoms with van der Waals surface area (Å²) in [5, 5.41) is 39.1. The summed E-state index contributed by atoms with van der Waals surface area (Å²) in [6.07, 6.45) is 11.2. The van der Waals surface area contributed by atoms with E-state index in [2.05, 4.69) is 49.8 Å². The molecule has 131 heavy (non-hydrogen) atoms. The number of nitrogens with two attached hydrogens (primary N) is 1. The SMILES string of the molecule is CC(C)(C)OC(=O)CC1CCn2c(nc(-c3ccccc3)c2F)C1.COC(=O)C1CCn2c(nc(-c3ccccc3)c2F)C1.COC(=O)c1ccn2c(F)c(-c3ccccc3)nc2c1.Cl.Cn1ncc(-c2cscn2)c1C(=O)CO.Cn1ncc(-c2nccs2)c1C(=O)CO.NC1CCn2c(nc(-c3ccccc3)c2F)C1.O=C(O)C1CCn2c(nc(-c3ccccc3)c2F)C1. The number of aromatic nitrogens is 16. The van der Waals surface area contributed by atoms with Gasteiger partial charge in [0.15, 0.2) is 0 Å². The Balaban J connectivity index is 0.000000139. The standard InChI is InChI=1S/C19H23FN2O2.C15H15FN2O2.C15H11FN2O2.C14H13FN2O2.C13H14FN3.2C9H9N3O2S.ClH/c1-19(2,3)24-16(23)12-13-9-10-22-15(11-13)21-17(18(22)20)14-7-5-4-6-8-14;2*1-20-15(19)11-7-8-18-12(9-11)17-13(14(18)16)10-5-3-2-4-6-10;15-13-12(9-4-2-1-3-5-9)16-11-8-10(14(18)19)6-7-17(11)13;14-13-12(9-4-2-1-3-5-9)16-11-8-10(15)6-7-17(11)13;1-12-9(8(14)3-13)6(2-11-12)7-4-15-5-10-7;1-12-8(7(14)5-13)6(4-11-12)9-10-2-3-15-9;/h4-8,13H,9-12H2,1-3H3;2-6,11H,7-9H2,1H3;2-9H,1H3;1-5,10H,6-8H2,(H,18,19);1-5,10H,6-8,15H2;2,4-5,13H,3H2,1H3;2-4,13H,5H2,1H3;1H. The van der Waals surface area contributed by atoms with Gasteiger partial charge in [-0.25, -0.2) is 39.7 Å². The average Bonchev–Trinajstić information content (AvgIpc) is 1.62. The molecule has 0 bridgehead atoms. The van der Waals surface area contributed by atoms with Crippen molar-refractivity contribution in [2.45, 2.75) is 116 Å². The van der Waals surface area contributed by atoms with Crippen LogP contribution in [0.2, 0.25) is 0 Å². The number of carbonyl (C=O) groups is 6. The first-order chi connectivity index (χ1) is 62.6. The maximum Gasteiger partial charge on any atom is 0.338 e. The number of ether oxygens (including phenoxy) is 3. The molecule has 4 unspecified atom stereocenters. The molecule has 29 nitrogen and oxygen atoms in total. The third-order valence-corrected chi connectivity index (χ3v) is 23.0. The Kier molecular flexibility index (Phi) is 32.5. The first-order valence-corrected chi connectivity index (χ1v) is 43.4. The normalized spacial score (nSPS) is 15.0. The minimum Gasteiger partial charge on any atom is -0.481 e. The van der Waals surface area contributed by atoms with E-state index >= 15 is 0 Å². The van der Waals surface area contributed by atoms with Crippen molar-refractivity contribution >= 4 is 76.2 Å². The minimum atomic E-state index is -0.837. The summed E-state index contributed by atoms with van der Waals surface area (Å²) in [5.74, 6) is -2.05. The minimum absolute atomic E-state index is 0. The number of thiazole rings is 2. The van der Waals surface area contributed by atoms with Crippen molar-refractivity contribution < 1.29 is 80.2 Å². The maximum atomic E-state index is 14.6. The van der Waals surface area contributed by atoms with Crippen LogP contribution in [0.3, 0.4) is 0 Å². The fraction of sp³-hybridized carbons (Fsp3) is 0.287. The topological polar surface area (TPSA) is 367 Å². The van der Waals surface area contributed by atoms with Crippen LogP contribution in [0.1, 0.15) is 108 Å². The van der Waals surface area contributed by atoms with Gasteiger partial charge in [-0.05, 0) is 64.5 Å². The maximum absolute atomic E-state index is 14.6. The van der Waals surface area contributed by atoms with Gasteiger partial charge >= 0.3 is 23.9 Å². The van der Waals surface area contributed by atoms with E-state index in [1.54, 1.807) is 76.2 Å². The lowest BCUT2D eigenvalue weighted by molar-refractivity contribution is -0.156. The lowest BCUT2D eigenvalue weighted by atomic mass is 9.94. The fourth-order valence-electron chi connectivity index (χ4n) is 15.2. The van der Waals surface area contributed by atoms with Crippen molar-refractivity contribution in [3.8, 4) is 78.1 Å². The number of carboxylic acid groups (broad SMARTS) is 1. The van der Waals surface area contributed by atoms with E-state index < -0.39 is 42.6 Å². The molecule has 0 saturated heterocycles. The number of ketones is 2. The van der Waals surface area contributed by atoms with E-state index in [4.69, 9.17) is 30.5 Å². The van der Waals surface area contributed by atoms with Gasteiger partial charge in [0.25, 0.3) is 0 Å². The van der Waals surface area contributed by atoms with Gasteiger partial charge in [-0.3, -0.25) is 37.7 Å². The number of nitrogens with zero attached hydrogens (tertiary/aromatic N) is 16. The highest BCUT2D eigenvalue weighted by molar-refractivity contribution is 7.13. The molecule has 4 atom stereocenters. The van der Waals surface area contributed by atoms with Crippen molar-refractivity contribution in [2.24, 2.45) is 37.6 Å². The lowest BCUT2D eigenvalue weighted by Crippen LogP contribution is -2.31. The van der Waals surface area contributed by atoms with E-state index in [1.807, 2.05) is 159 Å². The number of pyridine rings is 1. The van der Waals surface area contributed by atoms with Crippen LogP contribution in [0.4, 0.5) is 22.0 Å². The first kappa shape index (κ1) is 96.4. The number of aliphatic hydroxyl groups is 2. The molecule has 19 rings (SSSR count). The molecule has 15 aromatic rings. The van der Waals surface area contributed by atoms with E-state index in [1.165, 1.54) is 73.6 Å². The number of aliphatic hydroxyl groups excluding tert-OH is 2. The predicted molar refractivity (Wildman–Crippen MR) is 483 cm³/mol. The number of aliphatic carboxylic acids is 1. The Hall–Kier alpha value is -13.7. The first-order valence-electron chi connectivity index (χ1n) is 41.5. The lowest BCUT2D eigenvalue weighted by Gasteiger charge is -2.25. The van der Waals surface area contributed by atoms with Crippen LogP contribution in [0.25, 0.3) is 83.8 Å². The Morgan fingerprint density at radius 1 is 0.519 bits per heavy atom. The number of hydrogen-bond acceptors (Lipinski definition) is 23. The largest absolute Gasteiger partial charge is 0.481 e. The highest BCUT2D eigenvalue weighted by Gasteiger charge is 2.34. The molecule has 4 aliphatic rings. The number of esters is 3. The van der Waals surface area contributed by atoms with Gasteiger partial charge in [-0.2, -0.15) is 32.1 Å². The third kappa shape index (κ3) is 23.2. The van der Waals surface area contributed by atoms with Crippen LogP contribution in [0.15, 0.2) is 205 Å². The van der Waals surface area contributed by atoms with E-state index in [9.17, 15) is 50.7 Å². The van der Waals surface area contributed by atoms with Gasteiger partial charge in [0.1, 0.15) is 92.6 Å². The number of rotatable bonds is 16. The van der Waals surface area contributed by atoms with E-state index in [0.29, 0.717) is 162 Å². The summed E-state index contributed by atoms with van der Waals surface area (Å²) >= 11 is 2.88. The number of methoxy groups -OCH3 is 2. The Bertz CT molecular complexity index is 6330. The number of benzene rings is 5. The zero-order valence-electron chi connectivity index (χ0n) is 72.4. The highest BCUT2D eigenvalue weighted by atomic mass is 35.5. The zero-order valence-corrected chi connectivity index (χ0v) is 74.9. The van der Waals surface area contributed by atoms with E-state index in [-0.39, 0.29) is 83.3 Å². The molecule has 0 radical (unpaired) electrons. The van der Waals surface area contributed by atoms with Crippen LogP contribution < -0.4 is 5.73 Å². The molecule has 0 aliphatic carbocycles. The molecule has 37 heteroatoms. The summed E-state index contributed by atoms with van der Waals surface area (Å²) < 4.78 is 97.1. The van der Waals surface area contributed by atoms with Gasteiger partial charge in [-0.1, -0.05) is 152 Å². The quantitative estimate of drug-likeness (QED) is 0.0302. The van der Waals surface area contributed by atoms with Gasteiger partial charge in [0.2, 0.25) is 41.3 Å². The fourth-order valence-corrected chi connectivity index (χ4v) is 16.4. The second kappa shape index (κ2) is 44.1. The number of Topliss-reactive ketones (excluding diaryl/α,β-unsaturated/α-hetero) is 2. The smallest absolute Gasteiger partial charge is 0.338 e. The predicted octanol–water partition coefficient (Wildman–Crippen LogP) is 15.5. The highest BCUT2D eigenvalue weighted by Crippen LogP contribution is 2.35. The monoisotopic (exact) mass is 1850 g/mol. The average molecular weight is 1850 g/mol. The molecule has 0 spiro atoms. The van der Waals surface area contributed by atoms with Crippen LogP contribution >= 0.6 is 35.1 Å². The molecule has 0 saturated carbocycles. The number of hydrogen-bond donors (Lipinski definition) is 4. The molecule has 5 aromatic carbocycles. The van der Waals surface area contributed by atoms with Crippen LogP contribution in [-0.4, -0.2) is 167 Å². The van der Waals surface area contributed by atoms with Gasteiger partial charge < -0.3 is 53.5 Å². The molecule has 682 valence electrons. The molecular weight excluding hydrogens is 1750 g/mol. The van der Waals surface area contributed by atoms with Crippen molar-refractivity contribution in [3.05, 3.63) is 275 Å². The molecule has 0 fully saturated rings. The summed E-state index contributed by atoms with van der Waals surface area (Å²) in [4.78, 5) is 99.0. The number of fused-ring (bicyclic) bond motifs is 5. The van der Waals surface area contributed by atoms with Crippen LogP contribution in [-0.2, 0) is 94.6 Å². The second-order valence-electron chi connectivity index (χ2n) is 31.6. The van der Waals surface area contributed by atoms with Crippen molar-refractivity contribution in [3.63, 3.8) is 0 Å². The summed E-state index contributed by atoms with van der Waals surface area (Å²) in [7, 11) is 6.01. The molecule has 4 aliphatic heterocycles. The summed E-state index contributed by atoms with van der Waals surface area (Å²) in [6.45, 7) is 6.56. The number of halogens is 6. The number of imidazole rings is 5. The van der Waals surface area contributed by atoms with Gasteiger partial charge in [0, 0.05) is 129 Å². The second-order valence-corrected chi connectivity index (χ2v) is 33.2. The van der Waals surface area contributed by atoms with Crippen LogP contribution in [0, 0.1) is 47.5 Å². The number of aryl methyl sites for hydroxylation is 2.